The molecule has 1 aliphatic rings. The first-order valence-corrected chi connectivity index (χ1v) is 4.91. The minimum absolute atomic E-state index is 0.00859. The van der Waals surface area contributed by atoms with Crippen LogP contribution in [0.25, 0.3) is 0 Å². The lowest BCUT2D eigenvalue weighted by Crippen LogP contribution is -2.49. The number of aliphatic hydroxyl groups excluding tert-OH is 1. The second kappa shape index (κ2) is 4.25. The van der Waals surface area contributed by atoms with E-state index in [1.165, 1.54) is 0 Å². The zero-order valence-electron chi connectivity index (χ0n) is 8.23. The summed E-state index contributed by atoms with van der Waals surface area (Å²) < 4.78 is 50.1. The smallest absolute Gasteiger partial charge is 0.393 e. The van der Waals surface area contributed by atoms with Crippen LogP contribution >= 0.6 is 0 Å². The van der Waals surface area contributed by atoms with E-state index in [0.717, 1.165) is 0 Å². The molecule has 0 bridgehead atoms. The lowest BCUT2D eigenvalue weighted by atomic mass is 9.70. The van der Waals surface area contributed by atoms with Crippen molar-refractivity contribution in [1.82, 2.24) is 0 Å². The summed E-state index contributed by atoms with van der Waals surface area (Å²) in [4.78, 5) is 0. The highest BCUT2D eigenvalue weighted by molar-refractivity contribution is 4.95. The molecule has 1 aliphatic carbocycles. The zero-order chi connectivity index (χ0) is 11.7. The van der Waals surface area contributed by atoms with Gasteiger partial charge < -0.3 is 10.8 Å². The highest BCUT2D eigenvalue weighted by Crippen LogP contribution is 2.45. The van der Waals surface area contributed by atoms with Crippen LogP contribution in [0, 0.1) is 5.41 Å². The first-order chi connectivity index (χ1) is 6.82. The number of nitrogens with two attached hydrogens (primary N) is 1. The highest BCUT2D eigenvalue weighted by atomic mass is 19.4. The molecule has 0 radical (unpaired) electrons. The van der Waals surface area contributed by atoms with E-state index in [-0.39, 0.29) is 32.2 Å². The maximum absolute atomic E-state index is 13.3. The molecule has 0 heterocycles. The van der Waals surface area contributed by atoms with Gasteiger partial charge in [-0.3, -0.25) is 0 Å². The summed E-state index contributed by atoms with van der Waals surface area (Å²) in [6.07, 6.45) is -8.01. The van der Waals surface area contributed by atoms with Crippen molar-refractivity contribution in [2.24, 2.45) is 11.1 Å². The molecule has 0 aromatic rings. The summed E-state index contributed by atoms with van der Waals surface area (Å²) in [7, 11) is 0. The zero-order valence-corrected chi connectivity index (χ0v) is 8.23. The molecule has 0 saturated heterocycles. The molecule has 1 unspecified atom stereocenters. The fraction of sp³-hybridized carbons (Fsp3) is 1.00. The fourth-order valence-electron chi connectivity index (χ4n) is 2.09. The molecule has 1 fully saturated rings. The molecule has 0 amide bonds. The van der Waals surface area contributed by atoms with Crippen molar-refractivity contribution >= 4 is 0 Å². The highest BCUT2D eigenvalue weighted by Gasteiger charge is 2.54. The predicted molar refractivity (Wildman–Crippen MR) is 46.9 cm³/mol. The van der Waals surface area contributed by atoms with Crippen molar-refractivity contribution in [2.75, 3.05) is 6.54 Å². The number of halogens is 4. The minimum Gasteiger partial charge on any atom is -0.393 e. The van der Waals surface area contributed by atoms with Crippen molar-refractivity contribution in [2.45, 2.75) is 44.1 Å². The van der Waals surface area contributed by atoms with Crippen LogP contribution in [0.15, 0.2) is 0 Å². The summed E-state index contributed by atoms with van der Waals surface area (Å²) in [5.41, 5.74) is 3.73. The van der Waals surface area contributed by atoms with Crippen LogP contribution in [0.4, 0.5) is 17.6 Å². The number of rotatable bonds is 2. The molecule has 0 aromatic carbocycles. The standard InChI is InChI=1S/C9H15F4NO/c10-7(9(11,12)13)8(5-14)3-1-6(15)2-4-8/h6-7,15H,1-5,14H2. The van der Waals surface area contributed by atoms with E-state index in [0.29, 0.717) is 0 Å². The van der Waals surface area contributed by atoms with Gasteiger partial charge in [0.15, 0.2) is 0 Å². The predicted octanol–water partition coefficient (Wildman–Crippen LogP) is 1.77. The monoisotopic (exact) mass is 229 g/mol. The van der Waals surface area contributed by atoms with E-state index in [2.05, 4.69) is 0 Å². The first-order valence-electron chi connectivity index (χ1n) is 4.91. The van der Waals surface area contributed by atoms with Gasteiger partial charge in [0.05, 0.1) is 6.10 Å². The third-order valence-electron chi connectivity index (χ3n) is 3.18. The summed E-state index contributed by atoms with van der Waals surface area (Å²) in [6.45, 7) is -0.333. The maximum Gasteiger partial charge on any atom is 0.420 e. The van der Waals surface area contributed by atoms with E-state index in [1.807, 2.05) is 0 Å². The number of alkyl halides is 4. The molecule has 0 spiro atoms. The Morgan fingerprint density at radius 1 is 1.33 bits per heavy atom. The summed E-state index contributed by atoms with van der Waals surface area (Å²) in [6, 6.07) is 0. The van der Waals surface area contributed by atoms with Crippen LogP contribution in [-0.4, -0.2) is 30.1 Å². The van der Waals surface area contributed by atoms with Crippen LogP contribution in [0.3, 0.4) is 0 Å². The van der Waals surface area contributed by atoms with E-state index in [4.69, 9.17) is 5.73 Å². The minimum atomic E-state index is -4.86. The van der Waals surface area contributed by atoms with Gasteiger partial charge in [-0.1, -0.05) is 0 Å². The Bertz CT molecular complexity index is 211. The van der Waals surface area contributed by atoms with E-state index in [1.54, 1.807) is 0 Å². The van der Waals surface area contributed by atoms with E-state index in [9.17, 15) is 22.7 Å². The molecule has 1 atom stereocenters. The van der Waals surface area contributed by atoms with Gasteiger partial charge >= 0.3 is 6.18 Å². The molecule has 6 heteroatoms. The van der Waals surface area contributed by atoms with Gasteiger partial charge in [0, 0.05) is 12.0 Å². The molecule has 0 aromatic heterocycles. The Morgan fingerprint density at radius 3 is 2.13 bits per heavy atom. The second-order valence-corrected chi connectivity index (χ2v) is 4.20. The number of hydrogen-bond donors (Lipinski definition) is 2. The molecule has 15 heavy (non-hydrogen) atoms. The lowest BCUT2D eigenvalue weighted by molar-refractivity contribution is -0.218. The van der Waals surface area contributed by atoms with Crippen molar-refractivity contribution in [3.05, 3.63) is 0 Å². The summed E-state index contributed by atoms with van der Waals surface area (Å²) in [5, 5.41) is 9.18. The van der Waals surface area contributed by atoms with Gasteiger partial charge in [-0.25, -0.2) is 4.39 Å². The van der Waals surface area contributed by atoms with Gasteiger partial charge in [0.25, 0.3) is 0 Å². The Morgan fingerprint density at radius 2 is 1.80 bits per heavy atom. The van der Waals surface area contributed by atoms with Crippen LogP contribution in [-0.2, 0) is 0 Å². The average Bonchev–Trinajstić information content (AvgIpc) is 2.17. The molecule has 0 aliphatic heterocycles. The molecule has 2 nitrogen and oxygen atoms in total. The van der Waals surface area contributed by atoms with Crippen LogP contribution in [0.5, 0.6) is 0 Å². The normalized spacial score (nSPS) is 35.2. The van der Waals surface area contributed by atoms with Gasteiger partial charge in [0.1, 0.15) is 0 Å². The Hall–Kier alpha value is -0.360. The summed E-state index contributed by atoms with van der Waals surface area (Å²) in [5.74, 6) is 0. The second-order valence-electron chi connectivity index (χ2n) is 4.20. The molecular weight excluding hydrogens is 214 g/mol. The van der Waals surface area contributed by atoms with Crippen molar-refractivity contribution in [3.63, 3.8) is 0 Å². The fourth-order valence-corrected chi connectivity index (χ4v) is 2.09. The number of hydrogen-bond acceptors (Lipinski definition) is 2. The molecule has 3 N–H and O–H groups in total. The molecule has 90 valence electrons. The van der Waals surface area contributed by atoms with Crippen molar-refractivity contribution in [1.29, 1.82) is 0 Å². The first kappa shape index (κ1) is 12.7. The average molecular weight is 229 g/mol. The summed E-state index contributed by atoms with van der Waals surface area (Å²) >= 11 is 0. The van der Waals surface area contributed by atoms with Gasteiger partial charge in [-0.2, -0.15) is 13.2 Å². The Balaban J connectivity index is 2.77. The van der Waals surface area contributed by atoms with Crippen LogP contribution < -0.4 is 5.73 Å². The molecule has 1 saturated carbocycles. The maximum atomic E-state index is 13.3. The van der Waals surface area contributed by atoms with E-state index >= 15 is 0 Å². The molecular formula is C9H15F4NO. The number of aliphatic hydroxyl groups is 1. The SMILES string of the molecule is NCC1(C(F)C(F)(F)F)CCC(O)CC1. The van der Waals surface area contributed by atoms with E-state index < -0.39 is 23.9 Å². The largest absolute Gasteiger partial charge is 0.420 e. The Kier molecular flexibility index (Phi) is 3.60. The third-order valence-corrected chi connectivity index (χ3v) is 3.18. The van der Waals surface area contributed by atoms with Gasteiger partial charge in [-0.05, 0) is 25.7 Å². The Labute approximate surface area is 85.4 Å². The topological polar surface area (TPSA) is 46.2 Å². The van der Waals surface area contributed by atoms with Crippen molar-refractivity contribution < 1.29 is 22.7 Å². The van der Waals surface area contributed by atoms with Gasteiger partial charge in [-0.15, -0.1) is 0 Å². The van der Waals surface area contributed by atoms with Crippen molar-refractivity contribution in [3.8, 4) is 0 Å². The lowest BCUT2D eigenvalue weighted by Gasteiger charge is -2.40. The third kappa shape index (κ3) is 2.60. The van der Waals surface area contributed by atoms with Crippen LogP contribution in [0.1, 0.15) is 25.7 Å². The van der Waals surface area contributed by atoms with Gasteiger partial charge in [0.2, 0.25) is 6.17 Å². The van der Waals surface area contributed by atoms with Crippen LogP contribution in [0.2, 0.25) is 0 Å². The quantitative estimate of drug-likeness (QED) is 0.709. The molecule has 1 rings (SSSR count).